The summed E-state index contributed by atoms with van der Waals surface area (Å²) in [6, 6.07) is 0. The average molecular weight is 445 g/mol. The molecule has 4 saturated carbocycles. The molecular formula is C29H48O3. The molecule has 0 aliphatic heterocycles. The van der Waals surface area contributed by atoms with Crippen molar-refractivity contribution in [1.82, 2.24) is 0 Å². The first-order valence-corrected chi connectivity index (χ1v) is 13.5. The van der Waals surface area contributed by atoms with Crippen molar-refractivity contribution in [3.63, 3.8) is 0 Å². The number of hydrogen-bond donors (Lipinski definition) is 3. The van der Waals surface area contributed by atoms with Gasteiger partial charge in [0, 0.05) is 5.41 Å². The number of aliphatic hydroxyl groups excluding tert-OH is 3. The maximum Gasteiger partial charge on any atom is 0.0877 e. The Kier molecular flexibility index (Phi) is 5.17. The highest BCUT2D eigenvalue weighted by atomic mass is 16.3. The summed E-state index contributed by atoms with van der Waals surface area (Å²) in [5, 5.41) is 32.2. The Labute approximate surface area is 196 Å². The van der Waals surface area contributed by atoms with Gasteiger partial charge in [-0.3, -0.25) is 0 Å². The smallest absolute Gasteiger partial charge is 0.0877 e. The van der Waals surface area contributed by atoms with Gasteiger partial charge in [0.05, 0.1) is 18.8 Å². The highest BCUT2D eigenvalue weighted by Crippen LogP contribution is 2.74. The third-order valence-electron chi connectivity index (χ3n) is 12.6. The molecule has 3 nitrogen and oxygen atoms in total. The second kappa shape index (κ2) is 7.08. The molecule has 0 saturated heterocycles. The van der Waals surface area contributed by atoms with Gasteiger partial charge in [0.25, 0.3) is 0 Å². The van der Waals surface area contributed by atoms with Gasteiger partial charge in [-0.05, 0) is 103 Å². The lowest BCUT2D eigenvalue weighted by atomic mass is 9.34. The largest absolute Gasteiger partial charge is 0.396 e. The Balaban J connectivity index is 1.57. The quantitative estimate of drug-likeness (QED) is 0.453. The minimum Gasteiger partial charge on any atom is -0.396 e. The van der Waals surface area contributed by atoms with Crippen LogP contribution in [0.4, 0.5) is 0 Å². The van der Waals surface area contributed by atoms with Crippen LogP contribution >= 0.6 is 0 Å². The van der Waals surface area contributed by atoms with E-state index in [1.807, 2.05) is 6.92 Å². The van der Waals surface area contributed by atoms with Gasteiger partial charge >= 0.3 is 0 Å². The Morgan fingerprint density at radius 1 is 0.875 bits per heavy atom. The summed E-state index contributed by atoms with van der Waals surface area (Å²) in [4.78, 5) is 0. The van der Waals surface area contributed by atoms with Crippen LogP contribution in [0.5, 0.6) is 0 Å². The van der Waals surface area contributed by atoms with E-state index >= 15 is 0 Å². The Morgan fingerprint density at radius 2 is 1.56 bits per heavy atom. The molecule has 3 N–H and O–H groups in total. The molecule has 0 amide bonds. The zero-order valence-corrected chi connectivity index (χ0v) is 21.5. The summed E-state index contributed by atoms with van der Waals surface area (Å²) in [6.07, 6.45) is 11.8. The monoisotopic (exact) mass is 444 g/mol. The van der Waals surface area contributed by atoms with Crippen LogP contribution in [0.15, 0.2) is 11.6 Å². The van der Waals surface area contributed by atoms with Crippen molar-refractivity contribution in [1.29, 1.82) is 0 Å². The number of hydrogen-bond acceptors (Lipinski definition) is 3. The van der Waals surface area contributed by atoms with Crippen molar-refractivity contribution in [3.8, 4) is 0 Å². The Hall–Kier alpha value is -0.380. The molecular weight excluding hydrogens is 396 g/mol. The highest BCUT2D eigenvalue weighted by molar-refractivity contribution is 5.32. The summed E-state index contributed by atoms with van der Waals surface area (Å²) in [7, 11) is 0. The summed E-state index contributed by atoms with van der Waals surface area (Å²) >= 11 is 0. The van der Waals surface area contributed by atoms with Crippen LogP contribution in [0.3, 0.4) is 0 Å². The molecule has 32 heavy (non-hydrogen) atoms. The van der Waals surface area contributed by atoms with E-state index in [1.165, 1.54) is 38.5 Å². The molecule has 4 unspecified atom stereocenters. The molecule has 3 heteroatoms. The molecule has 10 atom stereocenters. The molecule has 4 fully saturated rings. The van der Waals surface area contributed by atoms with E-state index in [0.29, 0.717) is 17.8 Å². The van der Waals surface area contributed by atoms with Crippen LogP contribution in [0.2, 0.25) is 0 Å². The van der Waals surface area contributed by atoms with Crippen molar-refractivity contribution in [2.75, 3.05) is 6.61 Å². The van der Waals surface area contributed by atoms with Gasteiger partial charge in [0.1, 0.15) is 0 Å². The van der Waals surface area contributed by atoms with Crippen molar-refractivity contribution in [2.45, 2.75) is 112 Å². The highest BCUT2D eigenvalue weighted by Gasteiger charge is 2.68. The molecule has 182 valence electrons. The second-order valence-corrected chi connectivity index (χ2v) is 14.5. The van der Waals surface area contributed by atoms with Gasteiger partial charge in [0.2, 0.25) is 0 Å². The normalized spacial score (nSPS) is 56.8. The number of rotatable bonds is 1. The zero-order valence-electron chi connectivity index (χ0n) is 21.5. The summed E-state index contributed by atoms with van der Waals surface area (Å²) in [5.41, 5.74) is 2.00. The van der Waals surface area contributed by atoms with Crippen molar-refractivity contribution >= 4 is 0 Å². The fraction of sp³-hybridized carbons (Fsp3) is 0.931. The third kappa shape index (κ3) is 2.83. The first-order valence-electron chi connectivity index (χ1n) is 13.5. The van der Waals surface area contributed by atoms with E-state index in [9.17, 15) is 15.3 Å². The first kappa shape index (κ1) is 23.4. The fourth-order valence-electron chi connectivity index (χ4n) is 10.5. The van der Waals surface area contributed by atoms with Gasteiger partial charge in [0.15, 0.2) is 0 Å². The number of aliphatic hydroxyl groups is 3. The maximum absolute atomic E-state index is 11.0. The lowest BCUT2D eigenvalue weighted by Gasteiger charge is -2.71. The summed E-state index contributed by atoms with van der Waals surface area (Å²) in [5.74, 6) is 2.37. The van der Waals surface area contributed by atoms with E-state index in [1.54, 1.807) is 5.57 Å². The van der Waals surface area contributed by atoms with Gasteiger partial charge in [-0.1, -0.05) is 53.2 Å². The molecule has 0 aromatic carbocycles. The first-order chi connectivity index (χ1) is 14.8. The molecule has 5 rings (SSSR count). The second-order valence-electron chi connectivity index (χ2n) is 14.5. The van der Waals surface area contributed by atoms with Crippen LogP contribution in [-0.4, -0.2) is 34.1 Å². The molecule has 5 aliphatic carbocycles. The van der Waals surface area contributed by atoms with Crippen molar-refractivity contribution in [2.24, 2.45) is 50.7 Å². The fourth-order valence-corrected chi connectivity index (χ4v) is 10.5. The van der Waals surface area contributed by atoms with E-state index in [-0.39, 0.29) is 28.8 Å². The number of fused-ring (bicyclic) bond motifs is 7. The minimum atomic E-state index is -0.833. The molecule has 0 radical (unpaired) electrons. The topological polar surface area (TPSA) is 60.7 Å². The minimum absolute atomic E-state index is 0.0495. The summed E-state index contributed by atoms with van der Waals surface area (Å²) in [6.45, 7) is 14.5. The Morgan fingerprint density at radius 3 is 2.25 bits per heavy atom. The predicted molar refractivity (Wildman–Crippen MR) is 129 cm³/mol. The molecule has 0 aromatic rings. The van der Waals surface area contributed by atoms with E-state index in [4.69, 9.17) is 0 Å². The number of allylic oxidation sites excluding steroid dienone is 2. The van der Waals surface area contributed by atoms with Gasteiger partial charge in [-0.2, -0.15) is 0 Å². The van der Waals surface area contributed by atoms with Crippen LogP contribution < -0.4 is 0 Å². The van der Waals surface area contributed by atoms with E-state index in [2.05, 4.69) is 40.7 Å². The summed E-state index contributed by atoms with van der Waals surface area (Å²) < 4.78 is 0. The molecule has 0 bridgehead atoms. The SMILES string of the molecule is CC1(C)CCC2CC[C@]3(C)C(=CCC4[C@@]5(C)C[C@@H](O)[C@H](O)[C@@](C)(CO)C5CC[C@]43C)C2C1. The van der Waals surface area contributed by atoms with Crippen LogP contribution in [0.1, 0.15) is 99.3 Å². The van der Waals surface area contributed by atoms with Crippen LogP contribution in [-0.2, 0) is 0 Å². The molecule has 0 heterocycles. The molecule has 0 aromatic heterocycles. The standard InChI is InChI=1S/C29H48O3/c1-25(2)12-9-18-10-13-28(5)20(19(18)15-25)7-8-23-26(3)16-21(31)24(32)27(4,17-30)22(26)11-14-29(23,28)6/h7,18-19,21-24,30-32H,8-17H2,1-6H3/t18?,19?,21-,22?,23?,24+,26+,27+,28-,29-/m1/s1. The molecule has 0 spiro atoms. The van der Waals surface area contributed by atoms with E-state index < -0.39 is 17.6 Å². The maximum atomic E-state index is 11.0. The van der Waals surface area contributed by atoms with E-state index in [0.717, 1.165) is 24.7 Å². The van der Waals surface area contributed by atoms with Crippen LogP contribution in [0.25, 0.3) is 0 Å². The lowest BCUT2D eigenvalue weighted by molar-refractivity contribution is -0.242. The lowest BCUT2D eigenvalue weighted by Crippen LogP contribution is -2.67. The van der Waals surface area contributed by atoms with Crippen LogP contribution in [0, 0.1) is 50.7 Å². The van der Waals surface area contributed by atoms with Gasteiger partial charge < -0.3 is 15.3 Å². The average Bonchev–Trinajstić information content (AvgIpc) is 2.72. The Bertz CT molecular complexity index is 802. The van der Waals surface area contributed by atoms with Gasteiger partial charge in [-0.25, -0.2) is 0 Å². The van der Waals surface area contributed by atoms with Crippen molar-refractivity contribution in [3.05, 3.63) is 11.6 Å². The third-order valence-corrected chi connectivity index (χ3v) is 12.6. The van der Waals surface area contributed by atoms with Gasteiger partial charge in [-0.15, -0.1) is 0 Å². The zero-order chi connectivity index (χ0) is 23.3. The van der Waals surface area contributed by atoms with Crippen molar-refractivity contribution < 1.29 is 15.3 Å². The predicted octanol–water partition coefficient (Wildman–Crippen LogP) is 5.72. The molecule has 5 aliphatic rings.